The number of benzene rings is 1. The molecule has 0 amide bonds. The van der Waals surface area contributed by atoms with E-state index < -0.39 is 15.6 Å². The third kappa shape index (κ3) is 6.00. The molecule has 1 aliphatic carbocycles. The van der Waals surface area contributed by atoms with E-state index >= 15 is 0 Å². The van der Waals surface area contributed by atoms with Gasteiger partial charge in [0.15, 0.2) is 0 Å². The van der Waals surface area contributed by atoms with Gasteiger partial charge in [0, 0.05) is 47.2 Å². The van der Waals surface area contributed by atoms with Crippen molar-refractivity contribution in [1.82, 2.24) is 19.7 Å². The number of nitrogens with one attached hydrogen (secondary N) is 1. The molecular formula is C28H37N7O3S. The number of nitrogens with two attached hydrogens (primary N) is 2. The Morgan fingerprint density at radius 1 is 1.18 bits per heavy atom. The Hall–Kier alpha value is -3.28. The van der Waals surface area contributed by atoms with Gasteiger partial charge in [-0.15, -0.1) is 0 Å². The van der Waals surface area contributed by atoms with Gasteiger partial charge in [0.2, 0.25) is 10.0 Å². The highest BCUT2D eigenvalue weighted by Crippen LogP contribution is 2.35. The van der Waals surface area contributed by atoms with Crippen LogP contribution in [0.25, 0.3) is 11.1 Å². The minimum Gasteiger partial charge on any atom is -0.491 e. The van der Waals surface area contributed by atoms with Gasteiger partial charge in [-0.05, 0) is 62.8 Å². The molecule has 2 aromatic heterocycles. The highest BCUT2D eigenvalue weighted by molar-refractivity contribution is 7.89. The van der Waals surface area contributed by atoms with Crippen molar-refractivity contribution in [2.24, 2.45) is 11.7 Å². The molecule has 0 bridgehead atoms. The van der Waals surface area contributed by atoms with Crippen LogP contribution in [0, 0.1) is 5.92 Å². The highest BCUT2D eigenvalue weighted by Gasteiger charge is 2.27. The molecule has 5 N–H and O–H groups in total. The van der Waals surface area contributed by atoms with E-state index in [4.69, 9.17) is 21.2 Å². The molecule has 39 heavy (non-hydrogen) atoms. The van der Waals surface area contributed by atoms with Crippen LogP contribution in [0.5, 0.6) is 5.75 Å². The second-order valence-electron chi connectivity index (χ2n) is 11.2. The molecule has 5 rings (SSSR count). The van der Waals surface area contributed by atoms with Crippen molar-refractivity contribution in [3.05, 3.63) is 53.6 Å². The number of hydrogen-bond acceptors (Lipinski definition) is 9. The van der Waals surface area contributed by atoms with Crippen molar-refractivity contribution < 1.29 is 13.2 Å². The molecule has 11 heteroatoms. The third-order valence-electron chi connectivity index (χ3n) is 7.44. The van der Waals surface area contributed by atoms with E-state index in [-0.39, 0.29) is 17.3 Å². The Balaban J connectivity index is 1.44. The fourth-order valence-electron chi connectivity index (χ4n) is 5.16. The first-order valence-corrected chi connectivity index (χ1v) is 14.9. The fraction of sp³-hybridized carbons (Fsp3) is 0.464. The van der Waals surface area contributed by atoms with Crippen LogP contribution in [0.2, 0.25) is 0 Å². The summed E-state index contributed by atoms with van der Waals surface area (Å²) in [6, 6.07) is 7.41. The minimum atomic E-state index is -3.90. The van der Waals surface area contributed by atoms with Crippen LogP contribution in [0.1, 0.15) is 50.4 Å². The number of fused-ring (bicyclic) bond motifs is 2. The summed E-state index contributed by atoms with van der Waals surface area (Å²) >= 11 is 0. The lowest BCUT2D eigenvalue weighted by atomic mass is 9.85. The van der Waals surface area contributed by atoms with E-state index in [1.165, 1.54) is 5.56 Å². The van der Waals surface area contributed by atoms with Gasteiger partial charge >= 0.3 is 0 Å². The summed E-state index contributed by atoms with van der Waals surface area (Å²) in [5.41, 5.74) is 16.1. The van der Waals surface area contributed by atoms with Crippen molar-refractivity contribution in [3.63, 3.8) is 0 Å². The van der Waals surface area contributed by atoms with E-state index in [1.807, 2.05) is 18.2 Å². The maximum absolute atomic E-state index is 13.0. The third-order valence-corrected chi connectivity index (χ3v) is 8.87. The fourth-order valence-corrected chi connectivity index (χ4v) is 6.48. The lowest BCUT2D eigenvalue weighted by Crippen LogP contribution is -2.45. The summed E-state index contributed by atoms with van der Waals surface area (Å²) < 4.78 is 34.6. The number of nitrogens with zero attached hydrogens (tertiary/aromatic N) is 4. The monoisotopic (exact) mass is 551 g/mol. The molecule has 3 heterocycles. The summed E-state index contributed by atoms with van der Waals surface area (Å²) in [5, 5.41) is 0. The second-order valence-corrected chi connectivity index (χ2v) is 12.9. The van der Waals surface area contributed by atoms with Crippen LogP contribution in [-0.2, 0) is 29.4 Å². The number of ether oxygens (including phenoxy) is 1. The van der Waals surface area contributed by atoms with Crippen LogP contribution < -0.4 is 25.8 Å². The number of nitrogen functional groups attached to an aromatic ring is 1. The smallest absolute Gasteiger partial charge is 0.244 e. The van der Waals surface area contributed by atoms with Crippen molar-refractivity contribution in [2.75, 3.05) is 30.3 Å². The molecule has 1 atom stereocenters. The molecule has 2 aliphatic rings. The average molecular weight is 552 g/mol. The van der Waals surface area contributed by atoms with Crippen LogP contribution >= 0.6 is 0 Å². The van der Waals surface area contributed by atoms with E-state index in [1.54, 1.807) is 32.4 Å². The number of aromatic nitrogens is 3. The molecule has 0 spiro atoms. The standard InChI is InChI=1S/C28H37N7O3S/c1-4-18-5-7-22-23(11-18)32-17-33-27(22)35-9-10-38-24-8-6-19(12-21(24)15-35)20-13-25(26(29)31-14-20)39(36,37)34-16-28(2,3)30/h6,8,12-14,17-18,34H,4-5,7,9-11,15-16,30H2,1-3H3,(H2,29,31). The molecular weight excluding hydrogens is 514 g/mol. The Morgan fingerprint density at radius 3 is 2.77 bits per heavy atom. The van der Waals surface area contributed by atoms with Gasteiger partial charge in [-0.25, -0.2) is 28.1 Å². The maximum Gasteiger partial charge on any atom is 0.244 e. The van der Waals surface area contributed by atoms with Gasteiger partial charge in [0.25, 0.3) is 0 Å². The molecule has 0 saturated carbocycles. The molecule has 1 aromatic carbocycles. The lowest BCUT2D eigenvalue weighted by Gasteiger charge is -2.29. The van der Waals surface area contributed by atoms with Gasteiger partial charge in [-0.2, -0.15) is 0 Å². The van der Waals surface area contributed by atoms with Crippen LogP contribution in [-0.4, -0.2) is 48.6 Å². The van der Waals surface area contributed by atoms with Gasteiger partial charge < -0.3 is 21.1 Å². The summed E-state index contributed by atoms with van der Waals surface area (Å²) in [5.74, 6) is 2.39. The van der Waals surface area contributed by atoms with Crippen molar-refractivity contribution >= 4 is 21.7 Å². The van der Waals surface area contributed by atoms with Crippen LogP contribution in [0.4, 0.5) is 11.6 Å². The maximum atomic E-state index is 13.0. The van der Waals surface area contributed by atoms with Gasteiger partial charge in [-0.3, -0.25) is 0 Å². The number of rotatable bonds is 7. The summed E-state index contributed by atoms with van der Waals surface area (Å²) in [6.45, 7) is 7.66. The van der Waals surface area contributed by atoms with E-state index in [0.717, 1.165) is 54.1 Å². The zero-order chi connectivity index (χ0) is 27.8. The highest BCUT2D eigenvalue weighted by atomic mass is 32.2. The number of hydrogen-bond donors (Lipinski definition) is 3. The summed E-state index contributed by atoms with van der Waals surface area (Å²) in [7, 11) is -3.90. The molecule has 10 nitrogen and oxygen atoms in total. The zero-order valence-electron chi connectivity index (χ0n) is 22.8. The van der Waals surface area contributed by atoms with Gasteiger partial charge in [0.05, 0.1) is 6.54 Å². The largest absolute Gasteiger partial charge is 0.491 e. The molecule has 0 fully saturated rings. The lowest BCUT2D eigenvalue weighted by molar-refractivity contribution is 0.331. The first-order valence-electron chi connectivity index (χ1n) is 13.4. The second kappa shape index (κ2) is 10.7. The molecule has 1 unspecified atom stereocenters. The average Bonchev–Trinajstić information content (AvgIpc) is 3.13. The van der Waals surface area contributed by atoms with Gasteiger partial charge in [-0.1, -0.05) is 19.4 Å². The zero-order valence-corrected chi connectivity index (χ0v) is 23.6. The van der Waals surface area contributed by atoms with Crippen LogP contribution in [0.3, 0.4) is 0 Å². The Bertz CT molecular complexity index is 1470. The van der Waals surface area contributed by atoms with E-state index in [0.29, 0.717) is 31.2 Å². The molecule has 0 saturated heterocycles. The van der Waals surface area contributed by atoms with Crippen LogP contribution in [0.15, 0.2) is 41.7 Å². The van der Waals surface area contributed by atoms with Crippen molar-refractivity contribution in [3.8, 4) is 16.9 Å². The quantitative estimate of drug-likeness (QED) is 0.403. The summed E-state index contributed by atoms with van der Waals surface area (Å²) in [4.78, 5) is 15.7. The van der Waals surface area contributed by atoms with E-state index in [2.05, 4.69) is 26.5 Å². The first-order chi connectivity index (χ1) is 18.5. The molecule has 3 aromatic rings. The predicted molar refractivity (Wildman–Crippen MR) is 152 cm³/mol. The minimum absolute atomic E-state index is 0.0656. The van der Waals surface area contributed by atoms with Crippen molar-refractivity contribution in [2.45, 2.75) is 63.4 Å². The topological polar surface area (TPSA) is 149 Å². The first kappa shape index (κ1) is 27.3. The molecule has 208 valence electrons. The number of anilines is 2. The molecule has 1 aliphatic heterocycles. The van der Waals surface area contributed by atoms with E-state index in [9.17, 15) is 8.42 Å². The molecule has 0 radical (unpaired) electrons. The Kier molecular flexibility index (Phi) is 7.49. The van der Waals surface area contributed by atoms with Gasteiger partial charge in [0.1, 0.15) is 35.2 Å². The Labute approximate surface area is 230 Å². The number of sulfonamides is 1. The normalized spacial score (nSPS) is 17.6. The summed E-state index contributed by atoms with van der Waals surface area (Å²) in [6.07, 6.45) is 7.57. The SMILES string of the molecule is CCC1CCc2c(ncnc2N2CCOc3ccc(-c4cnc(N)c(S(=O)(=O)NCC(C)(C)N)c4)cc3C2)C1. The number of pyridine rings is 1. The predicted octanol–water partition coefficient (Wildman–Crippen LogP) is 3.05. The van der Waals surface area contributed by atoms with Crippen molar-refractivity contribution in [1.29, 1.82) is 0 Å². The Morgan fingerprint density at radius 2 is 2.00 bits per heavy atom.